The normalized spacial score (nSPS) is 17.2. The third-order valence-electron chi connectivity index (χ3n) is 3.92. The van der Waals surface area contributed by atoms with Gasteiger partial charge in [-0.3, -0.25) is 0 Å². The van der Waals surface area contributed by atoms with Gasteiger partial charge in [-0.05, 0) is 23.6 Å². The van der Waals surface area contributed by atoms with Gasteiger partial charge in [-0.1, -0.05) is 54.6 Å². The number of benzene rings is 2. The Balaban J connectivity index is 1.96. The molecule has 0 radical (unpaired) electrons. The highest BCUT2D eigenvalue weighted by Gasteiger charge is 2.29. The van der Waals surface area contributed by atoms with Crippen molar-refractivity contribution in [2.24, 2.45) is 0 Å². The Hall–Kier alpha value is -2.29. The van der Waals surface area contributed by atoms with Crippen LogP contribution >= 0.6 is 0 Å². The summed E-state index contributed by atoms with van der Waals surface area (Å²) in [7, 11) is 0. The number of nitrogens with zero attached hydrogens (tertiary/aromatic N) is 1. The molecule has 1 atom stereocenters. The first-order valence-corrected chi connectivity index (χ1v) is 7.34. The molecule has 1 unspecified atom stereocenters. The summed E-state index contributed by atoms with van der Waals surface area (Å²) >= 11 is 0. The van der Waals surface area contributed by atoms with Gasteiger partial charge in [0, 0.05) is 19.0 Å². The molecular weight excluding hydrogens is 262 g/mol. The van der Waals surface area contributed by atoms with Crippen molar-refractivity contribution in [1.82, 2.24) is 4.90 Å². The molecule has 3 nitrogen and oxygen atoms in total. The zero-order valence-electron chi connectivity index (χ0n) is 12.2. The molecule has 3 heteroatoms. The predicted octanol–water partition coefficient (Wildman–Crippen LogP) is 3.79. The molecule has 0 fully saturated rings. The second kappa shape index (κ2) is 6.00. The van der Waals surface area contributed by atoms with Gasteiger partial charge in [-0.15, -0.1) is 0 Å². The Labute approximate surface area is 125 Å². The van der Waals surface area contributed by atoms with Crippen LogP contribution in [0.2, 0.25) is 0 Å². The molecule has 21 heavy (non-hydrogen) atoms. The van der Waals surface area contributed by atoms with E-state index in [9.17, 15) is 4.79 Å². The molecule has 1 heterocycles. The summed E-state index contributed by atoms with van der Waals surface area (Å²) in [5, 5.41) is 0. The maximum atomic E-state index is 12.1. The van der Waals surface area contributed by atoms with Crippen LogP contribution in [0.3, 0.4) is 0 Å². The third-order valence-corrected chi connectivity index (χ3v) is 3.92. The fourth-order valence-electron chi connectivity index (χ4n) is 2.93. The lowest BCUT2D eigenvalue weighted by Gasteiger charge is -2.34. The average Bonchev–Trinajstić information content (AvgIpc) is 2.55. The number of fused-ring (bicyclic) bond motifs is 1. The van der Waals surface area contributed by atoms with E-state index in [1.165, 1.54) is 16.7 Å². The van der Waals surface area contributed by atoms with Crippen LogP contribution in [0.1, 0.15) is 29.5 Å². The number of amides is 1. The van der Waals surface area contributed by atoms with Gasteiger partial charge in [0.15, 0.2) is 0 Å². The Morgan fingerprint density at radius 1 is 1.14 bits per heavy atom. The van der Waals surface area contributed by atoms with E-state index >= 15 is 0 Å². The smallest absolute Gasteiger partial charge is 0.410 e. The summed E-state index contributed by atoms with van der Waals surface area (Å²) in [5.74, 6) is 0.209. The minimum atomic E-state index is -0.229. The van der Waals surface area contributed by atoms with Crippen molar-refractivity contribution in [1.29, 1.82) is 0 Å². The lowest BCUT2D eigenvalue weighted by molar-refractivity contribution is 0.100. The first kappa shape index (κ1) is 13.7. The van der Waals surface area contributed by atoms with Crippen molar-refractivity contribution in [2.75, 3.05) is 13.2 Å². The molecule has 1 amide bonds. The van der Waals surface area contributed by atoms with Gasteiger partial charge in [0.05, 0.1) is 6.61 Å². The number of hydrogen-bond acceptors (Lipinski definition) is 2. The number of rotatable bonds is 2. The Morgan fingerprint density at radius 3 is 2.62 bits per heavy atom. The van der Waals surface area contributed by atoms with E-state index in [0.29, 0.717) is 19.7 Å². The molecule has 2 aromatic carbocycles. The van der Waals surface area contributed by atoms with E-state index in [1.54, 1.807) is 4.90 Å². The lowest BCUT2D eigenvalue weighted by atomic mass is 9.85. The lowest BCUT2D eigenvalue weighted by Crippen LogP contribution is -2.38. The van der Waals surface area contributed by atoms with Crippen molar-refractivity contribution in [2.45, 2.75) is 19.4 Å². The van der Waals surface area contributed by atoms with E-state index in [0.717, 1.165) is 0 Å². The molecule has 0 N–H and O–H groups in total. The van der Waals surface area contributed by atoms with Crippen LogP contribution in [0.5, 0.6) is 0 Å². The Morgan fingerprint density at radius 2 is 1.86 bits per heavy atom. The van der Waals surface area contributed by atoms with Gasteiger partial charge >= 0.3 is 6.09 Å². The van der Waals surface area contributed by atoms with Crippen LogP contribution < -0.4 is 0 Å². The zero-order chi connectivity index (χ0) is 14.7. The molecule has 3 rings (SSSR count). The number of carbonyl (C=O) groups excluding carboxylic acids is 1. The highest BCUT2D eigenvalue weighted by molar-refractivity contribution is 5.68. The van der Waals surface area contributed by atoms with Gasteiger partial charge in [-0.2, -0.15) is 0 Å². The molecule has 1 aliphatic rings. The van der Waals surface area contributed by atoms with Crippen LogP contribution in [-0.4, -0.2) is 24.1 Å². The van der Waals surface area contributed by atoms with Gasteiger partial charge < -0.3 is 9.64 Å². The maximum Gasteiger partial charge on any atom is 0.410 e. The zero-order valence-corrected chi connectivity index (χ0v) is 12.2. The third kappa shape index (κ3) is 2.77. The molecule has 0 aromatic heterocycles. The van der Waals surface area contributed by atoms with Gasteiger partial charge in [0.2, 0.25) is 0 Å². The summed E-state index contributed by atoms with van der Waals surface area (Å²) in [6.45, 7) is 3.54. The first-order chi connectivity index (χ1) is 10.3. The molecule has 1 aliphatic heterocycles. The van der Waals surface area contributed by atoms with Gasteiger partial charge in [0.1, 0.15) is 0 Å². The van der Waals surface area contributed by atoms with Crippen LogP contribution in [0.25, 0.3) is 0 Å². The minimum absolute atomic E-state index is 0.209. The SMILES string of the molecule is CCOC(=O)N1Cc2ccccc2C(c2ccccc2)C1. The molecule has 0 aliphatic carbocycles. The van der Waals surface area contributed by atoms with Crippen molar-refractivity contribution in [3.8, 4) is 0 Å². The first-order valence-electron chi connectivity index (χ1n) is 7.34. The topological polar surface area (TPSA) is 29.5 Å². The molecule has 2 aromatic rings. The molecule has 0 bridgehead atoms. The monoisotopic (exact) mass is 281 g/mol. The van der Waals surface area contributed by atoms with Crippen molar-refractivity contribution in [3.63, 3.8) is 0 Å². The van der Waals surface area contributed by atoms with Crippen LogP contribution in [0, 0.1) is 0 Å². The summed E-state index contributed by atoms with van der Waals surface area (Å²) < 4.78 is 5.17. The van der Waals surface area contributed by atoms with Crippen LogP contribution in [-0.2, 0) is 11.3 Å². The van der Waals surface area contributed by atoms with Gasteiger partial charge in [-0.25, -0.2) is 4.79 Å². The molecular formula is C18H19NO2. The minimum Gasteiger partial charge on any atom is -0.450 e. The summed E-state index contributed by atoms with van der Waals surface area (Å²) in [6.07, 6.45) is -0.229. The van der Waals surface area contributed by atoms with Crippen molar-refractivity contribution in [3.05, 3.63) is 71.3 Å². The Bertz CT molecular complexity index is 624. The van der Waals surface area contributed by atoms with Crippen LogP contribution in [0.15, 0.2) is 54.6 Å². The average molecular weight is 281 g/mol. The van der Waals surface area contributed by atoms with Gasteiger partial charge in [0.25, 0.3) is 0 Å². The highest BCUT2D eigenvalue weighted by atomic mass is 16.6. The molecule has 0 spiro atoms. The quantitative estimate of drug-likeness (QED) is 0.838. The molecule has 0 saturated carbocycles. The standard InChI is InChI=1S/C18H19NO2/c1-2-21-18(20)19-12-15-10-6-7-11-16(15)17(13-19)14-8-4-3-5-9-14/h3-11,17H,2,12-13H2,1H3. The van der Waals surface area contributed by atoms with Crippen LogP contribution in [0.4, 0.5) is 4.79 Å². The fourth-order valence-corrected chi connectivity index (χ4v) is 2.93. The van der Waals surface area contributed by atoms with Crippen molar-refractivity contribution < 1.29 is 9.53 Å². The van der Waals surface area contributed by atoms with E-state index in [1.807, 2.05) is 31.2 Å². The molecule has 0 saturated heterocycles. The molecule has 108 valence electrons. The van der Waals surface area contributed by atoms with E-state index in [2.05, 4.69) is 30.3 Å². The summed E-state index contributed by atoms with van der Waals surface area (Å²) in [6, 6.07) is 18.7. The Kier molecular flexibility index (Phi) is 3.91. The highest BCUT2D eigenvalue weighted by Crippen LogP contribution is 2.33. The second-order valence-corrected chi connectivity index (χ2v) is 5.24. The second-order valence-electron chi connectivity index (χ2n) is 5.24. The van der Waals surface area contributed by atoms with Crippen molar-refractivity contribution >= 4 is 6.09 Å². The number of carbonyl (C=O) groups is 1. The largest absolute Gasteiger partial charge is 0.450 e. The maximum absolute atomic E-state index is 12.1. The fraction of sp³-hybridized carbons (Fsp3) is 0.278. The number of ether oxygens (including phenoxy) is 1. The van der Waals surface area contributed by atoms with E-state index in [-0.39, 0.29) is 12.0 Å². The predicted molar refractivity (Wildman–Crippen MR) is 82.2 cm³/mol. The number of hydrogen-bond donors (Lipinski definition) is 0. The summed E-state index contributed by atoms with van der Waals surface area (Å²) in [4.78, 5) is 13.9. The van der Waals surface area contributed by atoms with E-state index in [4.69, 9.17) is 4.74 Å². The van der Waals surface area contributed by atoms with E-state index < -0.39 is 0 Å². The summed E-state index contributed by atoms with van der Waals surface area (Å²) in [5.41, 5.74) is 3.74.